The lowest BCUT2D eigenvalue weighted by Gasteiger charge is -2.38. The molecule has 3 aromatic carbocycles. The highest BCUT2D eigenvalue weighted by atomic mass is 19.1. The Bertz CT molecular complexity index is 1220. The maximum absolute atomic E-state index is 13.6. The molecular weight excluding hydrogens is 450 g/mol. The topological polar surface area (TPSA) is 58.6 Å². The third-order valence-corrected chi connectivity index (χ3v) is 6.51. The Balaban J connectivity index is 1.31. The minimum Gasteiger partial charge on any atom is -0.484 e. The first-order chi connectivity index (χ1) is 17.0. The fourth-order valence-corrected chi connectivity index (χ4v) is 4.49. The second-order valence-electron chi connectivity index (χ2n) is 9.06. The molecule has 3 aromatic rings. The summed E-state index contributed by atoms with van der Waals surface area (Å²) in [5.41, 5.74) is 3.67. The number of carbonyl (C=O) groups excluding carboxylic acids is 2. The van der Waals surface area contributed by atoms with Crippen molar-refractivity contribution < 1.29 is 23.1 Å². The number of nitrogens with one attached hydrogen (secondary N) is 1. The van der Waals surface area contributed by atoms with Gasteiger partial charge >= 0.3 is 0 Å². The first kappa shape index (κ1) is 23.0. The van der Waals surface area contributed by atoms with E-state index in [2.05, 4.69) is 5.32 Å². The molecule has 2 amide bonds. The predicted octanol–water partition coefficient (Wildman–Crippen LogP) is 4.54. The number of rotatable bonds is 7. The molecule has 0 radical (unpaired) electrons. The van der Waals surface area contributed by atoms with Crippen LogP contribution in [0.2, 0.25) is 0 Å². The molecule has 180 valence electrons. The summed E-state index contributed by atoms with van der Waals surface area (Å²) in [6.45, 7) is 0.708. The molecule has 1 heterocycles. The Morgan fingerprint density at radius 3 is 2.31 bits per heavy atom. The Kier molecular flexibility index (Phi) is 6.49. The minimum atomic E-state index is -0.330. The zero-order valence-corrected chi connectivity index (χ0v) is 19.2. The van der Waals surface area contributed by atoms with E-state index in [1.165, 1.54) is 24.3 Å². The Hall–Kier alpha value is -3.74. The molecule has 0 aromatic heterocycles. The maximum Gasteiger partial charge on any atom is 0.258 e. The van der Waals surface area contributed by atoms with Crippen LogP contribution < -0.4 is 10.1 Å². The van der Waals surface area contributed by atoms with Crippen LogP contribution in [0.25, 0.3) is 0 Å². The average molecular weight is 477 g/mol. The van der Waals surface area contributed by atoms with Crippen LogP contribution in [-0.2, 0) is 22.6 Å². The number of fused-ring (bicyclic) bond motifs is 1. The van der Waals surface area contributed by atoms with E-state index in [4.69, 9.17) is 4.74 Å². The van der Waals surface area contributed by atoms with Crippen molar-refractivity contribution in [1.29, 1.82) is 0 Å². The van der Waals surface area contributed by atoms with Crippen molar-refractivity contribution in [1.82, 2.24) is 10.2 Å². The molecular formula is C28H26F2N2O3. The van der Waals surface area contributed by atoms with Gasteiger partial charge in [0.15, 0.2) is 6.61 Å². The van der Waals surface area contributed by atoms with Crippen LogP contribution in [-0.4, -0.2) is 29.9 Å². The summed E-state index contributed by atoms with van der Waals surface area (Å²) in [7, 11) is 0. The first-order valence-corrected chi connectivity index (χ1v) is 11.8. The lowest BCUT2D eigenvalue weighted by atomic mass is 9.87. The zero-order chi connectivity index (χ0) is 24.4. The van der Waals surface area contributed by atoms with Crippen LogP contribution in [0.4, 0.5) is 8.78 Å². The molecule has 7 heteroatoms. The standard InChI is InChI=1S/C28H26F2N2O3/c29-22-8-1-18(2-9-22)16-31-26(33)17-35-24-12-7-19-13-14-32(28(34)21-3-4-21)27(25(19)15-24)20-5-10-23(30)11-6-20/h1-2,5-12,15,21,27H,3-4,13-14,16-17H2,(H,31,33). The molecule has 35 heavy (non-hydrogen) atoms. The van der Waals surface area contributed by atoms with E-state index >= 15 is 0 Å². The van der Waals surface area contributed by atoms with Crippen LogP contribution in [0.5, 0.6) is 5.75 Å². The largest absolute Gasteiger partial charge is 0.484 e. The molecule has 5 rings (SSSR count). The summed E-state index contributed by atoms with van der Waals surface area (Å²) >= 11 is 0. The van der Waals surface area contributed by atoms with Gasteiger partial charge in [-0.05, 0) is 77.9 Å². The monoisotopic (exact) mass is 476 g/mol. The highest BCUT2D eigenvalue weighted by Gasteiger charge is 2.39. The van der Waals surface area contributed by atoms with Crippen molar-refractivity contribution in [3.05, 3.63) is 101 Å². The number of carbonyl (C=O) groups is 2. The van der Waals surface area contributed by atoms with E-state index in [1.54, 1.807) is 24.3 Å². The molecule has 2 aliphatic rings. The normalized spacial score (nSPS) is 17.0. The van der Waals surface area contributed by atoms with Crippen molar-refractivity contribution in [3.63, 3.8) is 0 Å². The number of hydrogen-bond acceptors (Lipinski definition) is 3. The van der Waals surface area contributed by atoms with Crippen molar-refractivity contribution in [2.45, 2.75) is 31.8 Å². The zero-order valence-electron chi connectivity index (χ0n) is 19.2. The minimum absolute atomic E-state index is 0.0729. The van der Waals surface area contributed by atoms with Gasteiger partial charge in [-0.2, -0.15) is 0 Å². The highest BCUT2D eigenvalue weighted by Crippen LogP contribution is 2.41. The summed E-state index contributed by atoms with van der Waals surface area (Å²) < 4.78 is 32.4. The lowest BCUT2D eigenvalue weighted by molar-refractivity contribution is -0.134. The van der Waals surface area contributed by atoms with E-state index in [1.807, 2.05) is 23.1 Å². The summed E-state index contributed by atoms with van der Waals surface area (Å²) in [6, 6.07) is 17.5. The average Bonchev–Trinajstić information content (AvgIpc) is 3.72. The second-order valence-corrected chi connectivity index (χ2v) is 9.06. The van der Waals surface area contributed by atoms with Gasteiger partial charge in [-0.1, -0.05) is 30.3 Å². The fourth-order valence-electron chi connectivity index (χ4n) is 4.49. The molecule has 0 saturated heterocycles. The molecule has 1 aliphatic carbocycles. The van der Waals surface area contributed by atoms with Gasteiger partial charge in [-0.3, -0.25) is 9.59 Å². The van der Waals surface area contributed by atoms with E-state index in [0.29, 0.717) is 12.3 Å². The molecule has 1 aliphatic heterocycles. The van der Waals surface area contributed by atoms with Gasteiger partial charge in [-0.15, -0.1) is 0 Å². The molecule has 1 unspecified atom stereocenters. The molecule has 1 atom stereocenters. The number of ether oxygens (including phenoxy) is 1. The predicted molar refractivity (Wildman–Crippen MR) is 127 cm³/mol. The summed E-state index contributed by atoms with van der Waals surface area (Å²) in [5.74, 6) is -0.220. The van der Waals surface area contributed by atoms with Gasteiger partial charge in [0.25, 0.3) is 5.91 Å². The number of amides is 2. The number of nitrogens with zero attached hydrogens (tertiary/aromatic N) is 1. The second kappa shape index (κ2) is 9.86. The molecule has 0 bridgehead atoms. The Morgan fingerprint density at radius 2 is 1.63 bits per heavy atom. The number of benzene rings is 3. The van der Waals surface area contributed by atoms with Crippen LogP contribution in [0, 0.1) is 17.6 Å². The fraction of sp³-hybridized carbons (Fsp3) is 0.286. The van der Waals surface area contributed by atoms with Crippen molar-refractivity contribution in [2.75, 3.05) is 13.2 Å². The molecule has 1 fully saturated rings. The lowest BCUT2D eigenvalue weighted by Crippen LogP contribution is -2.41. The quantitative estimate of drug-likeness (QED) is 0.545. The molecule has 0 spiro atoms. The molecule has 1 saturated carbocycles. The van der Waals surface area contributed by atoms with E-state index in [9.17, 15) is 18.4 Å². The van der Waals surface area contributed by atoms with Crippen LogP contribution in [0.3, 0.4) is 0 Å². The number of halogens is 2. The van der Waals surface area contributed by atoms with Crippen LogP contribution >= 0.6 is 0 Å². The van der Waals surface area contributed by atoms with E-state index < -0.39 is 0 Å². The van der Waals surface area contributed by atoms with Gasteiger partial charge in [0, 0.05) is 19.0 Å². The van der Waals surface area contributed by atoms with E-state index in [0.717, 1.165) is 41.5 Å². The van der Waals surface area contributed by atoms with Crippen molar-refractivity contribution in [3.8, 4) is 5.75 Å². The Morgan fingerprint density at radius 1 is 0.943 bits per heavy atom. The van der Waals surface area contributed by atoms with Gasteiger partial charge in [0.2, 0.25) is 5.91 Å². The Labute approximate surface area is 202 Å². The maximum atomic E-state index is 13.6. The SMILES string of the molecule is O=C(COc1ccc2c(c1)C(c1ccc(F)cc1)N(C(=O)C1CC1)CC2)NCc1ccc(F)cc1. The van der Waals surface area contributed by atoms with Gasteiger partial charge in [-0.25, -0.2) is 8.78 Å². The van der Waals surface area contributed by atoms with Gasteiger partial charge < -0.3 is 15.0 Å². The van der Waals surface area contributed by atoms with Crippen molar-refractivity contribution in [2.24, 2.45) is 5.92 Å². The summed E-state index contributed by atoms with van der Waals surface area (Å²) in [6.07, 6.45) is 2.55. The van der Waals surface area contributed by atoms with Gasteiger partial charge in [0.05, 0.1) is 6.04 Å². The first-order valence-electron chi connectivity index (χ1n) is 11.8. The number of hydrogen-bond donors (Lipinski definition) is 1. The molecule has 1 N–H and O–H groups in total. The summed E-state index contributed by atoms with van der Waals surface area (Å²) in [5, 5.41) is 2.76. The smallest absolute Gasteiger partial charge is 0.258 e. The third kappa shape index (κ3) is 5.34. The third-order valence-electron chi connectivity index (χ3n) is 6.51. The van der Waals surface area contributed by atoms with E-state index in [-0.39, 0.29) is 48.6 Å². The summed E-state index contributed by atoms with van der Waals surface area (Å²) in [4.78, 5) is 27.3. The van der Waals surface area contributed by atoms with Crippen molar-refractivity contribution >= 4 is 11.8 Å². The molecule has 5 nitrogen and oxygen atoms in total. The van der Waals surface area contributed by atoms with Crippen LogP contribution in [0.1, 0.15) is 41.1 Å². The van der Waals surface area contributed by atoms with Crippen LogP contribution in [0.15, 0.2) is 66.7 Å². The van der Waals surface area contributed by atoms with Gasteiger partial charge in [0.1, 0.15) is 17.4 Å². The highest BCUT2D eigenvalue weighted by molar-refractivity contribution is 5.82.